The molecule has 1 rings (SSSR count). The lowest BCUT2D eigenvalue weighted by atomic mass is 10.0. The maximum absolute atomic E-state index is 11.4. The molecule has 0 atom stereocenters. The Labute approximate surface area is 95.0 Å². The molecule has 3 nitrogen and oxygen atoms in total. The van der Waals surface area contributed by atoms with E-state index in [1.165, 1.54) is 0 Å². The van der Waals surface area contributed by atoms with Gasteiger partial charge in [0.2, 0.25) is 0 Å². The summed E-state index contributed by atoms with van der Waals surface area (Å²) in [6.45, 7) is 3.11. The van der Waals surface area contributed by atoms with E-state index in [0.717, 1.165) is 6.08 Å². The van der Waals surface area contributed by atoms with E-state index >= 15 is 0 Å². The number of carbonyl (C=O) groups excluding carboxylic acids is 1. The Morgan fingerprint density at radius 3 is 2.38 bits per heavy atom. The van der Waals surface area contributed by atoms with Crippen molar-refractivity contribution in [1.82, 2.24) is 0 Å². The highest BCUT2D eigenvalue weighted by molar-refractivity contribution is 5.95. The van der Waals surface area contributed by atoms with Gasteiger partial charge in [0, 0.05) is 18.1 Å². The molecule has 16 heavy (non-hydrogen) atoms. The molecule has 0 aliphatic carbocycles. The number of benzene rings is 1. The Morgan fingerprint density at radius 1 is 1.31 bits per heavy atom. The monoisotopic (exact) mass is 220 g/mol. The summed E-state index contributed by atoms with van der Waals surface area (Å²) in [5.74, 6) is -0.372. The Morgan fingerprint density at radius 2 is 1.88 bits per heavy atom. The Hall–Kier alpha value is -1.61. The number of aliphatic hydroxyl groups excluding tert-OH is 1. The predicted octanol–water partition coefficient (Wildman–Crippen LogP) is 2.32. The first-order valence-corrected chi connectivity index (χ1v) is 5.10. The SMILES string of the molecule is CC(C)(O)CC(=O)/C=C(\O)c1ccccc1. The van der Waals surface area contributed by atoms with Gasteiger partial charge in [0.15, 0.2) is 5.78 Å². The van der Waals surface area contributed by atoms with E-state index in [2.05, 4.69) is 0 Å². The first-order valence-electron chi connectivity index (χ1n) is 5.10. The second kappa shape index (κ2) is 4.94. The molecule has 0 aromatic heterocycles. The summed E-state index contributed by atoms with van der Waals surface area (Å²) < 4.78 is 0. The minimum atomic E-state index is -1.05. The molecule has 0 aliphatic heterocycles. The Bertz CT molecular complexity index is 385. The second-order valence-electron chi connectivity index (χ2n) is 4.35. The first kappa shape index (κ1) is 12.5. The lowest BCUT2D eigenvalue weighted by molar-refractivity contribution is -0.118. The number of rotatable bonds is 4. The van der Waals surface area contributed by atoms with Gasteiger partial charge in [0.1, 0.15) is 5.76 Å². The van der Waals surface area contributed by atoms with Crippen LogP contribution in [-0.4, -0.2) is 21.6 Å². The predicted molar refractivity (Wildman–Crippen MR) is 63.0 cm³/mol. The van der Waals surface area contributed by atoms with E-state index in [0.29, 0.717) is 5.56 Å². The summed E-state index contributed by atoms with van der Waals surface area (Å²) in [6, 6.07) is 8.81. The standard InChI is InChI=1S/C13H16O3/c1-13(2,16)9-11(14)8-12(15)10-6-4-3-5-7-10/h3-8,15-16H,9H2,1-2H3/b12-8-. The largest absolute Gasteiger partial charge is 0.507 e. The number of hydrogen-bond acceptors (Lipinski definition) is 3. The second-order valence-corrected chi connectivity index (χ2v) is 4.35. The van der Waals surface area contributed by atoms with Crippen LogP contribution < -0.4 is 0 Å². The van der Waals surface area contributed by atoms with Crippen LogP contribution >= 0.6 is 0 Å². The molecule has 0 saturated heterocycles. The average molecular weight is 220 g/mol. The van der Waals surface area contributed by atoms with E-state index in [9.17, 15) is 15.0 Å². The first-order chi connectivity index (χ1) is 7.38. The van der Waals surface area contributed by atoms with E-state index < -0.39 is 5.60 Å². The van der Waals surface area contributed by atoms with Crippen LogP contribution in [0.25, 0.3) is 5.76 Å². The molecule has 0 heterocycles. The van der Waals surface area contributed by atoms with Crippen molar-refractivity contribution in [3.8, 4) is 0 Å². The molecular formula is C13H16O3. The molecule has 3 heteroatoms. The molecule has 0 aliphatic rings. The highest BCUT2D eigenvalue weighted by atomic mass is 16.3. The van der Waals surface area contributed by atoms with Crippen LogP contribution in [0.4, 0.5) is 0 Å². The fraction of sp³-hybridized carbons (Fsp3) is 0.308. The van der Waals surface area contributed by atoms with Gasteiger partial charge in [0.05, 0.1) is 5.60 Å². The van der Waals surface area contributed by atoms with Gasteiger partial charge in [0.25, 0.3) is 0 Å². The summed E-state index contributed by atoms with van der Waals surface area (Å²) in [5, 5.41) is 19.1. The van der Waals surface area contributed by atoms with Crippen LogP contribution in [0.5, 0.6) is 0 Å². The number of aliphatic hydroxyl groups is 2. The van der Waals surface area contributed by atoms with Gasteiger partial charge in [-0.05, 0) is 13.8 Å². The average Bonchev–Trinajstić information content (AvgIpc) is 2.16. The van der Waals surface area contributed by atoms with Crippen LogP contribution in [-0.2, 0) is 4.79 Å². The normalized spacial score (nSPS) is 12.6. The third-order valence-electron chi connectivity index (χ3n) is 1.97. The van der Waals surface area contributed by atoms with E-state index in [-0.39, 0.29) is 18.0 Å². The molecule has 0 spiro atoms. The molecule has 0 unspecified atom stereocenters. The zero-order chi connectivity index (χ0) is 12.2. The third-order valence-corrected chi connectivity index (χ3v) is 1.97. The molecule has 2 N–H and O–H groups in total. The fourth-order valence-electron chi connectivity index (χ4n) is 1.32. The van der Waals surface area contributed by atoms with Crippen molar-refractivity contribution < 1.29 is 15.0 Å². The van der Waals surface area contributed by atoms with Crippen molar-refractivity contribution in [1.29, 1.82) is 0 Å². The molecule has 0 bridgehead atoms. The lowest BCUT2D eigenvalue weighted by Gasteiger charge is -2.14. The van der Waals surface area contributed by atoms with Crippen molar-refractivity contribution in [3.05, 3.63) is 42.0 Å². The van der Waals surface area contributed by atoms with Crippen molar-refractivity contribution >= 4 is 11.5 Å². The van der Waals surface area contributed by atoms with Crippen LogP contribution in [0.15, 0.2) is 36.4 Å². The van der Waals surface area contributed by atoms with E-state index in [4.69, 9.17) is 0 Å². The molecule has 0 saturated carbocycles. The number of carbonyl (C=O) groups is 1. The number of hydrogen-bond donors (Lipinski definition) is 2. The lowest BCUT2D eigenvalue weighted by Crippen LogP contribution is -2.22. The van der Waals surface area contributed by atoms with Gasteiger partial charge in [-0.3, -0.25) is 4.79 Å². The zero-order valence-electron chi connectivity index (χ0n) is 9.47. The maximum atomic E-state index is 11.4. The number of allylic oxidation sites excluding steroid dienone is 1. The smallest absolute Gasteiger partial charge is 0.162 e. The van der Waals surface area contributed by atoms with Crippen molar-refractivity contribution in [2.45, 2.75) is 25.9 Å². The highest BCUT2D eigenvalue weighted by Crippen LogP contribution is 2.13. The Balaban J connectivity index is 2.75. The van der Waals surface area contributed by atoms with Crippen molar-refractivity contribution in [3.63, 3.8) is 0 Å². The zero-order valence-corrected chi connectivity index (χ0v) is 9.47. The van der Waals surface area contributed by atoms with Gasteiger partial charge in [-0.2, -0.15) is 0 Å². The molecule has 0 fully saturated rings. The van der Waals surface area contributed by atoms with Gasteiger partial charge in [-0.1, -0.05) is 30.3 Å². The van der Waals surface area contributed by atoms with Crippen LogP contribution in [0, 0.1) is 0 Å². The van der Waals surface area contributed by atoms with Crippen LogP contribution in [0.3, 0.4) is 0 Å². The quantitative estimate of drug-likeness (QED) is 0.604. The summed E-state index contributed by atoms with van der Waals surface area (Å²) in [4.78, 5) is 11.4. The number of ketones is 1. The van der Waals surface area contributed by atoms with Gasteiger partial charge in [-0.15, -0.1) is 0 Å². The van der Waals surface area contributed by atoms with Gasteiger partial charge < -0.3 is 10.2 Å². The molecule has 86 valence electrons. The van der Waals surface area contributed by atoms with Crippen molar-refractivity contribution in [2.75, 3.05) is 0 Å². The summed E-state index contributed by atoms with van der Waals surface area (Å²) in [5.41, 5.74) is -0.462. The van der Waals surface area contributed by atoms with E-state index in [1.807, 2.05) is 6.07 Å². The van der Waals surface area contributed by atoms with Crippen molar-refractivity contribution in [2.24, 2.45) is 0 Å². The summed E-state index contributed by atoms with van der Waals surface area (Å²) in [6.07, 6.45) is 1.14. The topological polar surface area (TPSA) is 57.5 Å². The van der Waals surface area contributed by atoms with E-state index in [1.54, 1.807) is 38.1 Å². The molecular weight excluding hydrogens is 204 g/mol. The van der Waals surface area contributed by atoms with Crippen LogP contribution in [0.1, 0.15) is 25.8 Å². The summed E-state index contributed by atoms with van der Waals surface area (Å²) >= 11 is 0. The molecule has 0 amide bonds. The molecule has 1 aromatic rings. The van der Waals surface area contributed by atoms with Crippen LogP contribution in [0.2, 0.25) is 0 Å². The minimum Gasteiger partial charge on any atom is -0.507 e. The fourth-order valence-corrected chi connectivity index (χ4v) is 1.32. The molecule has 1 aromatic carbocycles. The third kappa shape index (κ3) is 4.28. The highest BCUT2D eigenvalue weighted by Gasteiger charge is 2.17. The summed E-state index contributed by atoms with van der Waals surface area (Å²) in [7, 11) is 0. The van der Waals surface area contributed by atoms with Gasteiger partial charge in [-0.25, -0.2) is 0 Å². The minimum absolute atomic E-state index is 0.0100. The Kier molecular flexibility index (Phi) is 3.85. The van der Waals surface area contributed by atoms with Gasteiger partial charge >= 0.3 is 0 Å². The molecule has 0 radical (unpaired) electrons. The maximum Gasteiger partial charge on any atom is 0.162 e.